The van der Waals surface area contributed by atoms with E-state index in [1.54, 1.807) is 6.92 Å². The number of hydrogen-bond donors (Lipinski definition) is 1. The molecule has 0 fully saturated rings. The Bertz CT molecular complexity index is 936. The van der Waals surface area contributed by atoms with Crippen LogP contribution in [0, 0.1) is 6.92 Å². The number of aromatic nitrogens is 1. The first-order valence-corrected chi connectivity index (χ1v) is 9.10. The van der Waals surface area contributed by atoms with Crippen molar-refractivity contribution in [2.45, 2.75) is 26.4 Å². The fraction of sp³-hybridized carbons (Fsp3) is 0.227. The van der Waals surface area contributed by atoms with Crippen LogP contribution in [0.4, 0.5) is 0 Å². The molecule has 0 spiro atoms. The summed E-state index contributed by atoms with van der Waals surface area (Å²) in [6, 6.07) is 19.1. The van der Waals surface area contributed by atoms with E-state index >= 15 is 0 Å². The van der Waals surface area contributed by atoms with Gasteiger partial charge in [-0.25, -0.2) is 9.78 Å². The van der Waals surface area contributed by atoms with Crippen molar-refractivity contribution in [2.24, 2.45) is 0 Å². The predicted octanol–water partition coefficient (Wildman–Crippen LogP) is 3.55. The molecule has 1 aromatic heterocycles. The van der Waals surface area contributed by atoms with E-state index in [0.717, 1.165) is 11.1 Å². The first kappa shape index (κ1) is 19.4. The fourth-order valence-corrected chi connectivity index (χ4v) is 2.68. The van der Waals surface area contributed by atoms with E-state index in [1.807, 2.05) is 60.7 Å². The molecule has 144 valence electrons. The minimum Gasteiger partial charge on any atom is -0.448 e. The second kappa shape index (κ2) is 8.99. The van der Waals surface area contributed by atoms with E-state index in [0.29, 0.717) is 24.6 Å². The summed E-state index contributed by atoms with van der Waals surface area (Å²) in [5.74, 6) is -0.353. The molecule has 0 aliphatic rings. The molecular weight excluding hydrogens is 356 g/mol. The summed E-state index contributed by atoms with van der Waals surface area (Å²) >= 11 is 0. The number of rotatable bonds is 7. The second-order valence-corrected chi connectivity index (χ2v) is 6.36. The smallest absolute Gasteiger partial charge is 0.361 e. The minimum atomic E-state index is -0.931. The third-order valence-electron chi connectivity index (χ3n) is 4.22. The van der Waals surface area contributed by atoms with Crippen molar-refractivity contribution in [3.63, 3.8) is 0 Å². The highest BCUT2D eigenvalue weighted by Crippen LogP contribution is 2.22. The second-order valence-electron chi connectivity index (χ2n) is 6.36. The molecule has 1 N–H and O–H groups in total. The molecule has 0 aliphatic carbocycles. The van der Waals surface area contributed by atoms with Gasteiger partial charge in [-0.05, 0) is 38.0 Å². The minimum absolute atomic E-state index is 0.0720. The molecule has 3 aromatic rings. The van der Waals surface area contributed by atoms with Crippen molar-refractivity contribution in [3.8, 4) is 11.5 Å². The van der Waals surface area contributed by atoms with Gasteiger partial charge in [-0.3, -0.25) is 4.79 Å². The zero-order chi connectivity index (χ0) is 19.9. The Balaban J connectivity index is 1.55. The molecule has 0 saturated heterocycles. The van der Waals surface area contributed by atoms with Crippen LogP contribution in [0.25, 0.3) is 11.5 Å². The van der Waals surface area contributed by atoms with Gasteiger partial charge < -0.3 is 14.5 Å². The van der Waals surface area contributed by atoms with Crippen molar-refractivity contribution in [2.75, 3.05) is 6.54 Å². The summed E-state index contributed by atoms with van der Waals surface area (Å²) in [5, 5.41) is 2.77. The molecule has 1 amide bonds. The number of esters is 1. The maximum absolute atomic E-state index is 12.4. The van der Waals surface area contributed by atoms with Gasteiger partial charge in [-0.1, -0.05) is 48.5 Å². The van der Waals surface area contributed by atoms with Crippen LogP contribution in [0.3, 0.4) is 0 Å². The number of oxazole rings is 1. The standard InChI is InChI=1S/C22H22N2O4/c1-15-19(24-21(27-15)18-11-7-4-8-12-18)22(26)28-16(2)20(25)23-14-13-17-9-5-3-6-10-17/h3-12,16H,13-14H2,1-2H3,(H,23,25)/t16-/m1/s1. The maximum atomic E-state index is 12.4. The van der Waals surface area contributed by atoms with Crippen LogP contribution in [0.5, 0.6) is 0 Å². The van der Waals surface area contributed by atoms with Crippen LogP contribution in [-0.2, 0) is 16.0 Å². The van der Waals surface area contributed by atoms with Gasteiger partial charge in [-0.15, -0.1) is 0 Å². The van der Waals surface area contributed by atoms with E-state index in [4.69, 9.17) is 9.15 Å². The summed E-state index contributed by atoms with van der Waals surface area (Å²) < 4.78 is 10.8. The van der Waals surface area contributed by atoms with Gasteiger partial charge >= 0.3 is 5.97 Å². The van der Waals surface area contributed by atoms with Gasteiger partial charge in [0.1, 0.15) is 5.76 Å². The average Bonchev–Trinajstić information content (AvgIpc) is 3.11. The molecular formula is C22H22N2O4. The SMILES string of the molecule is Cc1oc(-c2ccccc2)nc1C(=O)O[C@H](C)C(=O)NCCc1ccccc1. The number of carbonyl (C=O) groups excluding carboxylic acids is 2. The van der Waals surface area contributed by atoms with Crippen LogP contribution in [0.1, 0.15) is 28.7 Å². The maximum Gasteiger partial charge on any atom is 0.361 e. The normalized spacial score (nSPS) is 11.6. The van der Waals surface area contributed by atoms with Crippen molar-refractivity contribution in [1.29, 1.82) is 0 Å². The Morgan fingerprint density at radius 1 is 1.07 bits per heavy atom. The van der Waals surface area contributed by atoms with Gasteiger partial charge in [-0.2, -0.15) is 0 Å². The number of amides is 1. The number of aryl methyl sites for hydroxylation is 1. The molecule has 3 rings (SSSR count). The Morgan fingerprint density at radius 3 is 2.39 bits per heavy atom. The lowest BCUT2D eigenvalue weighted by Crippen LogP contribution is -2.37. The Labute approximate surface area is 163 Å². The molecule has 28 heavy (non-hydrogen) atoms. The van der Waals surface area contributed by atoms with E-state index in [1.165, 1.54) is 6.92 Å². The largest absolute Gasteiger partial charge is 0.448 e. The highest BCUT2D eigenvalue weighted by Gasteiger charge is 2.24. The van der Waals surface area contributed by atoms with E-state index in [9.17, 15) is 9.59 Å². The van der Waals surface area contributed by atoms with Gasteiger partial charge in [0.15, 0.2) is 11.8 Å². The Kier molecular flexibility index (Phi) is 6.22. The van der Waals surface area contributed by atoms with Gasteiger partial charge in [0.25, 0.3) is 5.91 Å². The van der Waals surface area contributed by atoms with Crippen molar-refractivity contribution in [3.05, 3.63) is 77.7 Å². The highest BCUT2D eigenvalue weighted by atomic mass is 16.5. The van der Waals surface area contributed by atoms with Gasteiger partial charge in [0.2, 0.25) is 5.89 Å². The van der Waals surface area contributed by atoms with E-state index in [-0.39, 0.29) is 11.6 Å². The van der Waals surface area contributed by atoms with Gasteiger partial charge in [0.05, 0.1) is 0 Å². The Hall–Kier alpha value is -3.41. The average molecular weight is 378 g/mol. The molecule has 1 atom stereocenters. The molecule has 0 unspecified atom stereocenters. The lowest BCUT2D eigenvalue weighted by atomic mass is 10.1. The predicted molar refractivity (Wildman–Crippen MR) is 105 cm³/mol. The monoisotopic (exact) mass is 378 g/mol. The third kappa shape index (κ3) is 4.85. The third-order valence-corrected chi connectivity index (χ3v) is 4.22. The van der Waals surface area contributed by atoms with Crippen molar-refractivity contribution < 1.29 is 18.7 Å². The topological polar surface area (TPSA) is 81.4 Å². The summed E-state index contributed by atoms with van der Waals surface area (Å²) in [6.07, 6.45) is -0.227. The van der Waals surface area contributed by atoms with E-state index in [2.05, 4.69) is 10.3 Å². The first-order valence-electron chi connectivity index (χ1n) is 9.10. The zero-order valence-corrected chi connectivity index (χ0v) is 15.8. The number of hydrogen-bond acceptors (Lipinski definition) is 5. The van der Waals surface area contributed by atoms with E-state index < -0.39 is 12.1 Å². The summed E-state index contributed by atoms with van der Waals surface area (Å²) in [6.45, 7) is 3.63. The van der Waals surface area contributed by atoms with Crippen molar-refractivity contribution in [1.82, 2.24) is 10.3 Å². The molecule has 0 radical (unpaired) electrons. The highest BCUT2D eigenvalue weighted by molar-refractivity contribution is 5.91. The number of nitrogens with zero attached hydrogens (tertiary/aromatic N) is 1. The van der Waals surface area contributed by atoms with Crippen molar-refractivity contribution >= 4 is 11.9 Å². The molecule has 0 saturated carbocycles. The molecule has 2 aromatic carbocycles. The molecule has 0 aliphatic heterocycles. The van der Waals surface area contributed by atoms with Crippen LogP contribution >= 0.6 is 0 Å². The number of carbonyl (C=O) groups is 2. The molecule has 6 nitrogen and oxygen atoms in total. The fourth-order valence-electron chi connectivity index (χ4n) is 2.68. The number of nitrogens with one attached hydrogen (secondary N) is 1. The van der Waals surface area contributed by atoms with Crippen LogP contribution in [0.15, 0.2) is 65.1 Å². The molecule has 0 bridgehead atoms. The quantitative estimate of drug-likeness (QED) is 0.636. The summed E-state index contributed by atoms with van der Waals surface area (Å²) in [4.78, 5) is 28.8. The molecule has 1 heterocycles. The van der Waals surface area contributed by atoms with Crippen LogP contribution in [-0.4, -0.2) is 29.5 Å². The zero-order valence-electron chi connectivity index (χ0n) is 15.8. The van der Waals surface area contributed by atoms with Crippen LogP contribution in [0.2, 0.25) is 0 Å². The molecule has 6 heteroatoms. The lowest BCUT2D eigenvalue weighted by molar-refractivity contribution is -0.129. The van der Waals surface area contributed by atoms with Crippen LogP contribution < -0.4 is 5.32 Å². The summed E-state index contributed by atoms with van der Waals surface area (Å²) in [7, 11) is 0. The first-order chi connectivity index (χ1) is 13.5. The lowest BCUT2D eigenvalue weighted by Gasteiger charge is -2.12. The summed E-state index contributed by atoms with van der Waals surface area (Å²) in [5.41, 5.74) is 1.96. The Morgan fingerprint density at radius 2 is 1.71 bits per heavy atom. The van der Waals surface area contributed by atoms with Gasteiger partial charge in [0, 0.05) is 12.1 Å². The number of ether oxygens (including phenoxy) is 1. The number of benzene rings is 2.